The molecule has 0 heterocycles. The molecule has 18 heavy (non-hydrogen) atoms. The van der Waals surface area contributed by atoms with Crippen LogP contribution in [-0.2, 0) is 0 Å². The van der Waals surface area contributed by atoms with E-state index in [1.165, 1.54) is 24.3 Å². The smallest absolute Gasteiger partial charge is 0.159 e. The van der Waals surface area contributed by atoms with E-state index < -0.39 is 23.5 Å². The normalized spacial score (nSPS) is 12.5. The molecule has 0 saturated heterocycles. The van der Waals surface area contributed by atoms with Gasteiger partial charge in [0, 0.05) is 10.6 Å². The van der Waals surface area contributed by atoms with Gasteiger partial charge in [0.25, 0.3) is 0 Å². The standard InChI is InChI=1S/C13H9ClF3N/c14-8-2-4-10(15)9(6-8)13(18)7-1-3-11(16)12(17)5-7/h1-6,13H,18H2. The van der Waals surface area contributed by atoms with Crippen LogP contribution in [0.2, 0.25) is 5.02 Å². The topological polar surface area (TPSA) is 26.0 Å². The van der Waals surface area contributed by atoms with Gasteiger partial charge in [0.2, 0.25) is 0 Å². The van der Waals surface area contributed by atoms with Crippen molar-refractivity contribution in [3.05, 3.63) is 70.0 Å². The van der Waals surface area contributed by atoms with Crippen molar-refractivity contribution in [3.63, 3.8) is 0 Å². The van der Waals surface area contributed by atoms with Crippen LogP contribution in [0.4, 0.5) is 13.2 Å². The van der Waals surface area contributed by atoms with Crippen molar-refractivity contribution in [2.75, 3.05) is 0 Å². The van der Waals surface area contributed by atoms with Crippen molar-refractivity contribution in [3.8, 4) is 0 Å². The minimum atomic E-state index is -1.02. The van der Waals surface area contributed by atoms with Crippen LogP contribution in [0, 0.1) is 17.5 Å². The van der Waals surface area contributed by atoms with Gasteiger partial charge in [-0.2, -0.15) is 0 Å². The lowest BCUT2D eigenvalue weighted by atomic mass is 9.99. The third-order valence-corrected chi connectivity index (χ3v) is 2.83. The first-order valence-electron chi connectivity index (χ1n) is 5.14. The van der Waals surface area contributed by atoms with E-state index in [-0.39, 0.29) is 11.1 Å². The van der Waals surface area contributed by atoms with Crippen molar-refractivity contribution in [2.45, 2.75) is 6.04 Å². The first kappa shape index (κ1) is 12.9. The molecule has 0 aromatic heterocycles. The first-order valence-corrected chi connectivity index (χ1v) is 5.52. The van der Waals surface area contributed by atoms with Crippen LogP contribution < -0.4 is 5.73 Å². The summed E-state index contributed by atoms with van der Waals surface area (Å²) in [5.41, 5.74) is 6.22. The molecular formula is C13H9ClF3N. The van der Waals surface area contributed by atoms with Gasteiger partial charge < -0.3 is 5.73 Å². The fourth-order valence-corrected chi connectivity index (χ4v) is 1.82. The van der Waals surface area contributed by atoms with Gasteiger partial charge in [-0.05, 0) is 35.9 Å². The summed E-state index contributed by atoms with van der Waals surface area (Å²) >= 11 is 5.75. The molecule has 5 heteroatoms. The molecule has 0 radical (unpaired) electrons. The maximum Gasteiger partial charge on any atom is 0.159 e. The Morgan fingerprint density at radius 2 is 1.56 bits per heavy atom. The van der Waals surface area contributed by atoms with Crippen LogP contribution in [0.1, 0.15) is 17.2 Å². The van der Waals surface area contributed by atoms with Gasteiger partial charge in [-0.25, -0.2) is 13.2 Å². The molecule has 0 aliphatic carbocycles. The van der Waals surface area contributed by atoms with Gasteiger partial charge >= 0.3 is 0 Å². The van der Waals surface area contributed by atoms with Crippen LogP contribution >= 0.6 is 11.6 Å². The molecule has 0 spiro atoms. The molecule has 2 aromatic carbocycles. The van der Waals surface area contributed by atoms with E-state index in [1.54, 1.807) is 0 Å². The highest BCUT2D eigenvalue weighted by molar-refractivity contribution is 6.30. The molecular weight excluding hydrogens is 263 g/mol. The van der Waals surface area contributed by atoms with Crippen molar-refractivity contribution >= 4 is 11.6 Å². The van der Waals surface area contributed by atoms with E-state index in [4.69, 9.17) is 17.3 Å². The second-order valence-corrected chi connectivity index (χ2v) is 4.25. The lowest BCUT2D eigenvalue weighted by Gasteiger charge is -2.14. The van der Waals surface area contributed by atoms with Crippen LogP contribution in [0.3, 0.4) is 0 Å². The predicted octanol–water partition coefficient (Wildman–Crippen LogP) is 3.81. The second kappa shape index (κ2) is 5.00. The monoisotopic (exact) mass is 271 g/mol. The average Bonchev–Trinajstić information content (AvgIpc) is 2.35. The zero-order valence-corrected chi connectivity index (χ0v) is 9.89. The first-order chi connectivity index (χ1) is 8.49. The molecule has 1 atom stereocenters. The summed E-state index contributed by atoms with van der Waals surface area (Å²) < 4.78 is 39.5. The molecule has 1 unspecified atom stereocenters. The second-order valence-electron chi connectivity index (χ2n) is 3.82. The van der Waals surface area contributed by atoms with E-state index in [9.17, 15) is 13.2 Å². The number of hydrogen-bond donors (Lipinski definition) is 1. The lowest BCUT2D eigenvalue weighted by molar-refractivity contribution is 0.506. The summed E-state index contributed by atoms with van der Waals surface area (Å²) in [6.45, 7) is 0. The van der Waals surface area contributed by atoms with Crippen LogP contribution in [0.15, 0.2) is 36.4 Å². The molecule has 2 N–H and O–H groups in total. The Morgan fingerprint density at radius 3 is 2.22 bits per heavy atom. The van der Waals surface area contributed by atoms with E-state index in [0.717, 1.165) is 12.1 Å². The van der Waals surface area contributed by atoms with E-state index in [0.29, 0.717) is 5.02 Å². The van der Waals surface area contributed by atoms with Gasteiger partial charge in [-0.1, -0.05) is 17.7 Å². The summed E-state index contributed by atoms with van der Waals surface area (Å²) in [4.78, 5) is 0. The molecule has 0 aliphatic heterocycles. The van der Waals surface area contributed by atoms with Crippen molar-refractivity contribution in [2.24, 2.45) is 5.73 Å². The third kappa shape index (κ3) is 2.49. The molecule has 0 aliphatic rings. The summed E-state index contributed by atoms with van der Waals surface area (Å²) in [7, 11) is 0. The summed E-state index contributed by atoms with van der Waals surface area (Å²) in [5.74, 6) is -2.54. The zero-order chi connectivity index (χ0) is 13.3. The van der Waals surface area contributed by atoms with Crippen LogP contribution in [-0.4, -0.2) is 0 Å². The lowest BCUT2D eigenvalue weighted by Crippen LogP contribution is -2.14. The Balaban J connectivity index is 2.44. The van der Waals surface area contributed by atoms with Crippen molar-refractivity contribution < 1.29 is 13.2 Å². The van der Waals surface area contributed by atoms with E-state index >= 15 is 0 Å². The number of rotatable bonds is 2. The third-order valence-electron chi connectivity index (χ3n) is 2.60. The minimum absolute atomic E-state index is 0.133. The van der Waals surface area contributed by atoms with Crippen molar-refractivity contribution in [1.29, 1.82) is 0 Å². The molecule has 1 nitrogen and oxygen atoms in total. The zero-order valence-electron chi connectivity index (χ0n) is 9.13. The molecule has 0 saturated carbocycles. The number of benzene rings is 2. The highest BCUT2D eigenvalue weighted by Crippen LogP contribution is 2.25. The van der Waals surface area contributed by atoms with Gasteiger partial charge in [-0.15, -0.1) is 0 Å². The average molecular weight is 272 g/mol. The fourth-order valence-electron chi connectivity index (χ4n) is 1.64. The molecule has 2 rings (SSSR count). The Morgan fingerprint density at radius 1 is 0.889 bits per heavy atom. The van der Waals surface area contributed by atoms with Gasteiger partial charge in [0.15, 0.2) is 11.6 Å². The van der Waals surface area contributed by atoms with E-state index in [1.807, 2.05) is 0 Å². The number of halogens is 4. The summed E-state index contributed by atoms with van der Waals surface area (Å²) in [5, 5.41) is 0.324. The van der Waals surface area contributed by atoms with Gasteiger partial charge in [0.1, 0.15) is 5.82 Å². The largest absolute Gasteiger partial charge is 0.320 e. The molecule has 94 valence electrons. The quantitative estimate of drug-likeness (QED) is 0.883. The van der Waals surface area contributed by atoms with Crippen LogP contribution in [0.25, 0.3) is 0 Å². The Labute approximate surface area is 107 Å². The highest BCUT2D eigenvalue weighted by atomic mass is 35.5. The van der Waals surface area contributed by atoms with Crippen molar-refractivity contribution in [1.82, 2.24) is 0 Å². The van der Waals surface area contributed by atoms with Gasteiger partial charge in [0.05, 0.1) is 6.04 Å². The maximum absolute atomic E-state index is 13.6. The Kier molecular flexibility index (Phi) is 3.59. The number of nitrogens with two attached hydrogens (primary N) is 1. The SMILES string of the molecule is NC(c1ccc(F)c(F)c1)c1cc(Cl)ccc1F. The summed E-state index contributed by atoms with van der Waals surface area (Å²) in [6.07, 6.45) is 0. The fraction of sp³-hybridized carbons (Fsp3) is 0.0769. The van der Waals surface area contributed by atoms with Gasteiger partial charge in [-0.3, -0.25) is 0 Å². The molecule has 0 amide bonds. The Bertz CT molecular complexity index is 586. The molecule has 2 aromatic rings. The van der Waals surface area contributed by atoms with Crippen LogP contribution in [0.5, 0.6) is 0 Å². The molecule has 0 fully saturated rings. The Hall–Kier alpha value is -1.52. The highest BCUT2D eigenvalue weighted by Gasteiger charge is 2.15. The minimum Gasteiger partial charge on any atom is -0.320 e. The molecule has 0 bridgehead atoms. The predicted molar refractivity (Wildman–Crippen MR) is 63.8 cm³/mol. The maximum atomic E-state index is 13.6. The number of hydrogen-bond acceptors (Lipinski definition) is 1. The van der Waals surface area contributed by atoms with E-state index in [2.05, 4.69) is 0 Å². The summed E-state index contributed by atoms with van der Waals surface area (Å²) in [6, 6.07) is 6.23.